The van der Waals surface area contributed by atoms with Gasteiger partial charge < -0.3 is 10.2 Å². The molecule has 0 aromatic carbocycles. The van der Waals surface area contributed by atoms with Crippen molar-refractivity contribution in [3.8, 4) is 0 Å². The molecule has 4 nitrogen and oxygen atoms in total. The predicted octanol–water partition coefficient (Wildman–Crippen LogP) is 12.4. The maximum atomic E-state index is 10.3. The van der Waals surface area contributed by atoms with Crippen LogP contribution in [0.4, 0.5) is 0 Å². The van der Waals surface area contributed by atoms with Gasteiger partial charge in [0, 0.05) is 12.8 Å². The Balaban J connectivity index is 0. The fraction of sp³-hybridized carbons (Fsp3) is 0.550. The average Bonchev–Trinajstić information content (AvgIpc) is 3.00. The average molecular weight is 609 g/mol. The summed E-state index contributed by atoms with van der Waals surface area (Å²) in [5, 5.41) is 17.0. The number of carboxylic acids is 2. The zero-order valence-electron chi connectivity index (χ0n) is 28.1. The number of carboxylic acid groups (broad SMARTS) is 2. The monoisotopic (exact) mass is 608 g/mol. The van der Waals surface area contributed by atoms with E-state index < -0.39 is 11.9 Å². The Hall–Kier alpha value is -3.14. The minimum atomic E-state index is -0.712. The number of hydrogen-bond acceptors (Lipinski definition) is 2. The Labute approximate surface area is 270 Å². The van der Waals surface area contributed by atoms with Crippen LogP contribution in [0.25, 0.3) is 0 Å². The molecule has 2 N–H and O–H groups in total. The van der Waals surface area contributed by atoms with Crippen molar-refractivity contribution >= 4 is 11.9 Å². The second-order valence-electron chi connectivity index (χ2n) is 10.7. The molecule has 0 aliphatic carbocycles. The van der Waals surface area contributed by atoms with E-state index in [2.05, 4.69) is 111 Å². The normalized spacial score (nSPS) is 12.4. The van der Waals surface area contributed by atoms with Crippen molar-refractivity contribution in [2.75, 3.05) is 0 Å². The van der Waals surface area contributed by atoms with Crippen molar-refractivity contribution in [1.29, 1.82) is 0 Å². The van der Waals surface area contributed by atoms with Gasteiger partial charge in [0.1, 0.15) is 0 Å². The Morgan fingerprint density at radius 3 is 0.818 bits per heavy atom. The molecule has 4 heteroatoms. The van der Waals surface area contributed by atoms with Gasteiger partial charge >= 0.3 is 11.9 Å². The van der Waals surface area contributed by atoms with Crippen molar-refractivity contribution < 1.29 is 19.8 Å². The van der Waals surface area contributed by atoms with E-state index in [1.807, 2.05) is 0 Å². The molecule has 0 bridgehead atoms. The first-order chi connectivity index (χ1) is 21.5. The van der Waals surface area contributed by atoms with Gasteiger partial charge in [0.05, 0.1) is 0 Å². The van der Waals surface area contributed by atoms with E-state index >= 15 is 0 Å². The summed E-state index contributed by atoms with van der Waals surface area (Å²) in [6.45, 7) is 4.46. The summed E-state index contributed by atoms with van der Waals surface area (Å²) >= 11 is 0. The molecule has 0 aromatic heterocycles. The van der Waals surface area contributed by atoms with Gasteiger partial charge in [-0.2, -0.15) is 0 Å². The standard InChI is InChI=1S/2C20H32O2/c2*1-2-3-4-5-6-7-8-9-10-11-12-13-14-15-16-17-18-19-20(21)22/h2*6-7,9-10,12-13,15-16H,2-5,8,11,14,17-19H2,1H3,(H,21,22)/b2*7-6-,10-9-,13-12-,16-15-. The van der Waals surface area contributed by atoms with Gasteiger partial charge in [0.2, 0.25) is 0 Å². The second-order valence-corrected chi connectivity index (χ2v) is 10.7. The summed E-state index contributed by atoms with van der Waals surface area (Å²) in [4.78, 5) is 20.6. The van der Waals surface area contributed by atoms with Crippen LogP contribution in [0.2, 0.25) is 0 Å². The largest absolute Gasteiger partial charge is 0.481 e. The third kappa shape index (κ3) is 45.8. The first-order valence-corrected chi connectivity index (χ1v) is 17.2. The summed E-state index contributed by atoms with van der Waals surface area (Å²) in [6.07, 6.45) is 54.7. The van der Waals surface area contributed by atoms with Gasteiger partial charge in [0.15, 0.2) is 0 Å². The number of carbonyl (C=O) groups is 2. The van der Waals surface area contributed by atoms with Crippen LogP contribution in [-0.2, 0) is 9.59 Å². The highest BCUT2D eigenvalue weighted by Gasteiger charge is 1.93. The van der Waals surface area contributed by atoms with Crippen LogP contribution in [-0.4, -0.2) is 22.2 Å². The topological polar surface area (TPSA) is 74.6 Å². The molecular weight excluding hydrogens is 544 g/mol. The molecule has 0 heterocycles. The molecule has 0 aliphatic heterocycles. The van der Waals surface area contributed by atoms with Crippen molar-refractivity contribution in [2.45, 2.75) is 142 Å². The highest BCUT2D eigenvalue weighted by molar-refractivity contribution is 5.66. The Kier molecular flexibility index (Phi) is 38.9. The Morgan fingerprint density at radius 1 is 0.364 bits per heavy atom. The zero-order chi connectivity index (χ0) is 32.6. The molecule has 0 atom stereocenters. The van der Waals surface area contributed by atoms with Crippen LogP contribution in [0, 0.1) is 0 Å². The summed E-state index contributed by atoms with van der Waals surface area (Å²) in [7, 11) is 0. The molecule has 0 aliphatic rings. The minimum Gasteiger partial charge on any atom is -0.481 e. The molecule has 0 rings (SSSR count). The van der Waals surface area contributed by atoms with Crippen LogP contribution in [0.1, 0.15) is 142 Å². The Morgan fingerprint density at radius 2 is 0.591 bits per heavy atom. The van der Waals surface area contributed by atoms with Gasteiger partial charge in [-0.15, -0.1) is 0 Å². The third-order valence-electron chi connectivity index (χ3n) is 6.44. The maximum absolute atomic E-state index is 10.3. The van der Waals surface area contributed by atoms with Crippen molar-refractivity contribution in [3.63, 3.8) is 0 Å². The van der Waals surface area contributed by atoms with E-state index in [0.717, 1.165) is 64.2 Å². The van der Waals surface area contributed by atoms with Crippen molar-refractivity contribution in [2.24, 2.45) is 0 Å². The number of hydrogen-bond donors (Lipinski definition) is 2. The molecule has 0 amide bonds. The van der Waals surface area contributed by atoms with Crippen molar-refractivity contribution in [1.82, 2.24) is 0 Å². The van der Waals surface area contributed by atoms with Gasteiger partial charge in [-0.25, -0.2) is 0 Å². The third-order valence-corrected chi connectivity index (χ3v) is 6.44. The summed E-state index contributed by atoms with van der Waals surface area (Å²) in [6, 6.07) is 0. The molecule has 248 valence electrons. The SMILES string of the molecule is CCCCC/C=C\C/C=C\C/C=C\C/C=C\CCCC(=O)O.CCCCC/C=C\C/C=C\C/C=C\C/C=C\CCCC(=O)O. The Bertz CT molecular complexity index is 796. The molecule has 0 unspecified atom stereocenters. The number of unbranched alkanes of at least 4 members (excludes halogenated alkanes) is 8. The van der Waals surface area contributed by atoms with E-state index in [-0.39, 0.29) is 12.8 Å². The van der Waals surface area contributed by atoms with Crippen LogP contribution in [0.15, 0.2) is 97.2 Å². The molecule has 44 heavy (non-hydrogen) atoms. The van der Waals surface area contributed by atoms with Crippen molar-refractivity contribution in [3.05, 3.63) is 97.2 Å². The number of aliphatic carboxylic acids is 2. The lowest BCUT2D eigenvalue weighted by atomic mass is 10.2. The number of allylic oxidation sites excluding steroid dienone is 16. The second kappa shape index (κ2) is 39.9. The van der Waals surface area contributed by atoms with Gasteiger partial charge in [-0.3, -0.25) is 9.59 Å². The van der Waals surface area contributed by atoms with E-state index in [0.29, 0.717) is 0 Å². The predicted molar refractivity (Wildman–Crippen MR) is 192 cm³/mol. The molecule has 0 saturated heterocycles. The molecule has 0 saturated carbocycles. The quantitative estimate of drug-likeness (QED) is 0.0684. The molecule has 0 fully saturated rings. The smallest absolute Gasteiger partial charge is 0.303 e. The maximum Gasteiger partial charge on any atom is 0.303 e. The first-order valence-electron chi connectivity index (χ1n) is 17.2. The van der Waals surface area contributed by atoms with Crippen LogP contribution < -0.4 is 0 Å². The highest BCUT2D eigenvalue weighted by Crippen LogP contribution is 2.03. The first kappa shape index (κ1) is 43.0. The highest BCUT2D eigenvalue weighted by atomic mass is 16.4. The lowest BCUT2D eigenvalue weighted by Gasteiger charge is -1.90. The lowest BCUT2D eigenvalue weighted by molar-refractivity contribution is -0.138. The summed E-state index contributed by atoms with van der Waals surface area (Å²) in [5.74, 6) is -1.42. The van der Waals surface area contributed by atoms with Crippen LogP contribution in [0.3, 0.4) is 0 Å². The molecular formula is C40H64O4. The van der Waals surface area contributed by atoms with E-state index in [4.69, 9.17) is 10.2 Å². The summed E-state index contributed by atoms with van der Waals surface area (Å²) in [5.41, 5.74) is 0. The van der Waals surface area contributed by atoms with E-state index in [1.54, 1.807) is 0 Å². The number of rotatable bonds is 28. The summed E-state index contributed by atoms with van der Waals surface area (Å²) < 4.78 is 0. The minimum absolute atomic E-state index is 0.262. The van der Waals surface area contributed by atoms with E-state index in [1.165, 1.54) is 51.4 Å². The molecule has 0 radical (unpaired) electrons. The fourth-order valence-corrected chi connectivity index (χ4v) is 3.86. The lowest BCUT2D eigenvalue weighted by Crippen LogP contribution is -1.92. The van der Waals surface area contributed by atoms with Gasteiger partial charge in [-0.1, -0.05) is 137 Å². The van der Waals surface area contributed by atoms with Gasteiger partial charge in [-0.05, 0) is 89.9 Å². The fourth-order valence-electron chi connectivity index (χ4n) is 3.86. The van der Waals surface area contributed by atoms with Crippen LogP contribution in [0.5, 0.6) is 0 Å². The molecule has 0 spiro atoms. The molecule has 0 aromatic rings. The zero-order valence-corrected chi connectivity index (χ0v) is 28.1. The van der Waals surface area contributed by atoms with Gasteiger partial charge in [0.25, 0.3) is 0 Å². The van der Waals surface area contributed by atoms with Crippen LogP contribution >= 0.6 is 0 Å². The van der Waals surface area contributed by atoms with E-state index in [9.17, 15) is 9.59 Å².